The number of aromatic nitrogens is 1. The molecule has 0 saturated heterocycles. The first-order valence-electron chi connectivity index (χ1n) is 5.35. The van der Waals surface area contributed by atoms with Crippen molar-refractivity contribution in [2.75, 3.05) is 7.11 Å². The molecule has 0 aliphatic rings. The molecule has 0 unspecified atom stereocenters. The van der Waals surface area contributed by atoms with Crippen molar-refractivity contribution < 1.29 is 4.74 Å². The third-order valence-electron chi connectivity index (χ3n) is 2.57. The molecular weight excluding hydrogens is 218 g/mol. The van der Waals surface area contributed by atoms with Gasteiger partial charge in [-0.05, 0) is 25.0 Å². The monoisotopic (exact) mass is 233 g/mol. The Kier molecular flexibility index (Phi) is 3.25. The van der Waals surface area contributed by atoms with Crippen LogP contribution in [0.25, 0.3) is 10.4 Å². The standard InChI is InChI=1S/C13H15NOS/c1-4-10-6-5-7-11(13(10)15-3)12-8-14-9(2)16-12/h5-8H,4H2,1-3H3. The molecule has 1 aromatic carbocycles. The van der Waals surface area contributed by atoms with Gasteiger partial charge in [0, 0.05) is 11.8 Å². The maximum absolute atomic E-state index is 5.51. The van der Waals surface area contributed by atoms with Gasteiger partial charge in [0.05, 0.1) is 17.0 Å². The molecule has 1 aromatic heterocycles. The lowest BCUT2D eigenvalue weighted by Gasteiger charge is -2.10. The molecule has 2 nitrogen and oxygen atoms in total. The minimum absolute atomic E-state index is 0.980. The Morgan fingerprint density at radius 1 is 1.38 bits per heavy atom. The molecule has 2 rings (SSSR count). The van der Waals surface area contributed by atoms with Gasteiger partial charge in [0.25, 0.3) is 0 Å². The fourth-order valence-electron chi connectivity index (χ4n) is 1.78. The van der Waals surface area contributed by atoms with Crippen LogP contribution in [-0.2, 0) is 6.42 Å². The van der Waals surface area contributed by atoms with Crippen molar-refractivity contribution in [3.05, 3.63) is 35.0 Å². The molecule has 2 aromatic rings. The fourth-order valence-corrected chi connectivity index (χ4v) is 2.58. The Morgan fingerprint density at radius 3 is 2.75 bits per heavy atom. The second-order valence-electron chi connectivity index (χ2n) is 3.60. The highest BCUT2D eigenvalue weighted by molar-refractivity contribution is 7.15. The van der Waals surface area contributed by atoms with Gasteiger partial charge in [0.2, 0.25) is 0 Å². The summed E-state index contributed by atoms with van der Waals surface area (Å²) in [5.74, 6) is 0.980. The quantitative estimate of drug-likeness (QED) is 0.806. The van der Waals surface area contributed by atoms with Gasteiger partial charge in [-0.3, -0.25) is 0 Å². The predicted molar refractivity (Wildman–Crippen MR) is 68.2 cm³/mol. The van der Waals surface area contributed by atoms with Crippen molar-refractivity contribution in [2.45, 2.75) is 20.3 Å². The first-order chi connectivity index (χ1) is 7.76. The fraction of sp³-hybridized carbons (Fsp3) is 0.308. The topological polar surface area (TPSA) is 22.1 Å². The van der Waals surface area contributed by atoms with Crippen LogP contribution in [0.2, 0.25) is 0 Å². The molecule has 0 spiro atoms. The van der Waals surface area contributed by atoms with E-state index in [9.17, 15) is 0 Å². The molecular formula is C13H15NOS. The van der Waals surface area contributed by atoms with E-state index < -0.39 is 0 Å². The van der Waals surface area contributed by atoms with Crippen LogP contribution in [0.15, 0.2) is 24.4 Å². The highest BCUT2D eigenvalue weighted by Gasteiger charge is 2.11. The van der Waals surface area contributed by atoms with E-state index in [0.29, 0.717) is 0 Å². The lowest BCUT2D eigenvalue weighted by Crippen LogP contribution is -1.92. The van der Waals surface area contributed by atoms with E-state index in [1.807, 2.05) is 13.1 Å². The van der Waals surface area contributed by atoms with E-state index in [0.717, 1.165) is 22.7 Å². The van der Waals surface area contributed by atoms with Crippen molar-refractivity contribution in [1.29, 1.82) is 0 Å². The highest BCUT2D eigenvalue weighted by Crippen LogP contribution is 2.36. The van der Waals surface area contributed by atoms with E-state index in [-0.39, 0.29) is 0 Å². The van der Waals surface area contributed by atoms with Crippen LogP contribution in [0.3, 0.4) is 0 Å². The third kappa shape index (κ3) is 1.95. The zero-order chi connectivity index (χ0) is 11.5. The van der Waals surface area contributed by atoms with Crippen molar-refractivity contribution in [3.8, 4) is 16.2 Å². The minimum atomic E-state index is 0.980. The first-order valence-corrected chi connectivity index (χ1v) is 6.16. The number of hydrogen-bond acceptors (Lipinski definition) is 3. The average Bonchev–Trinajstić information content (AvgIpc) is 2.74. The maximum Gasteiger partial charge on any atom is 0.130 e. The molecule has 0 radical (unpaired) electrons. The Hall–Kier alpha value is -1.35. The van der Waals surface area contributed by atoms with Crippen LogP contribution >= 0.6 is 11.3 Å². The predicted octanol–water partition coefficient (Wildman–Crippen LogP) is 3.69. The molecule has 84 valence electrons. The maximum atomic E-state index is 5.51. The van der Waals surface area contributed by atoms with Gasteiger partial charge < -0.3 is 4.74 Å². The van der Waals surface area contributed by atoms with E-state index in [2.05, 4.69) is 30.1 Å². The van der Waals surface area contributed by atoms with Crippen LogP contribution < -0.4 is 4.74 Å². The summed E-state index contributed by atoms with van der Waals surface area (Å²) >= 11 is 1.70. The van der Waals surface area contributed by atoms with Crippen LogP contribution in [0, 0.1) is 6.92 Å². The van der Waals surface area contributed by atoms with Gasteiger partial charge in [0.1, 0.15) is 5.75 Å². The van der Waals surface area contributed by atoms with Gasteiger partial charge in [-0.1, -0.05) is 19.1 Å². The zero-order valence-corrected chi connectivity index (χ0v) is 10.6. The molecule has 3 heteroatoms. The summed E-state index contributed by atoms with van der Waals surface area (Å²) in [5.41, 5.74) is 2.39. The molecule has 0 fully saturated rings. The number of benzene rings is 1. The normalized spacial score (nSPS) is 10.4. The SMILES string of the molecule is CCc1cccc(-c2cnc(C)s2)c1OC. The smallest absolute Gasteiger partial charge is 0.130 e. The summed E-state index contributed by atoms with van der Waals surface area (Å²) in [5, 5.41) is 1.08. The molecule has 1 heterocycles. The number of para-hydroxylation sites is 1. The van der Waals surface area contributed by atoms with Crippen LogP contribution in [0.5, 0.6) is 5.75 Å². The number of methoxy groups -OCH3 is 1. The number of ether oxygens (including phenoxy) is 1. The Labute approximate surface area is 99.9 Å². The number of hydrogen-bond donors (Lipinski definition) is 0. The van der Waals surface area contributed by atoms with Crippen molar-refractivity contribution in [2.24, 2.45) is 0 Å². The number of thiazole rings is 1. The van der Waals surface area contributed by atoms with Gasteiger partial charge in [-0.25, -0.2) is 4.98 Å². The summed E-state index contributed by atoms with van der Waals surface area (Å²) < 4.78 is 5.51. The number of aryl methyl sites for hydroxylation is 2. The summed E-state index contributed by atoms with van der Waals surface area (Å²) in [4.78, 5) is 5.46. The number of rotatable bonds is 3. The summed E-state index contributed by atoms with van der Waals surface area (Å²) in [6.45, 7) is 4.16. The average molecular weight is 233 g/mol. The minimum Gasteiger partial charge on any atom is -0.496 e. The van der Waals surface area contributed by atoms with Crippen molar-refractivity contribution >= 4 is 11.3 Å². The molecule has 0 aliphatic carbocycles. The molecule has 16 heavy (non-hydrogen) atoms. The summed E-state index contributed by atoms with van der Waals surface area (Å²) in [7, 11) is 1.73. The molecule has 0 atom stereocenters. The van der Waals surface area contributed by atoms with Gasteiger partial charge in [-0.15, -0.1) is 11.3 Å². The molecule has 0 saturated carbocycles. The largest absolute Gasteiger partial charge is 0.496 e. The summed E-state index contributed by atoms with van der Waals surface area (Å²) in [6, 6.07) is 6.27. The van der Waals surface area contributed by atoms with E-state index in [1.165, 1.54) is 10.4 Å². The van der Waals surface area contributed by atoms with Gasteiger partial charge in [0.15, 0.2) is 0 Å². The number of nitrogens with zero attached hydrogens (tertiary/aromatic N) is 1. The highest BCUT2D eigenvalue weighted by atomic mass is 32.1. The lowest BCUT2D eigenvalue weighted by atomic mass is 10.1. The van der Waals surface area contributed by atoms with Gasteiger partial charge >= 0.3 is 0 Å². The summed E-state index contributed by atoms with van der Waals surface area (Å²) in [6.07, 6.45) is 2.89. The van der Waals surface area contributed by atoms with Crippen molar-refractivity contribution in [1.82, 2.24) is 4.98 Å². The van der Waals surface area contributed by atoms with E-state index >= 15 is 0 Å². The first kappa shape index (κ1) is 11.1. The molecule has 0 amide bonds. The zero-order valence-electron chi connectivity index (χ0n) is 9.78. The Bertz CT molecular complexity index is 490. The molecule has 0 aliphatic heterocycles. The van der Waals surface area contributed by atoms with Gasteiger partial charge in [-0.2, -0.15) is 0 Å². The van der Waals surface area contributed by atoms with Crippen LogP contribution in [0.4, 0.5) is 0 Å². The second kappa shape index (κ2) is 4.66. The third-order valence-corrected chi connectivity index (χ3v) is 3.51. The molecule has 0 bridgehead atoms. The van der Waals surface area contributed by atoms with E-state index in [1.54, 1.807) is 18.4 Å². The molecule has 0 N–H and O–H groups in total. The van der Waals surface area contributed by atoms with E-state index in [4.69, 9.17) is 4.74 Å². The second-order valence-corrected chi connectivity index (χ2v) is 4.83. The Balaban J connectivity index is 2.56. The van der Waals surface area contributed by atoms with Crippen LogP contribution in [0.1, 0.15) is 17.5 Å². The van der Waals surface area contributed by atoms with Crippen LogP contribution in [-0.4, -0.2) is 12.1 Å². The Morgan fingerprint density at radius 2 is 2.19 bits per heavy atom. The van der Waals surface area contributed by atoms with Crippen molar-refractivity contribution in [3.63, 3.8) is 0 Å². The lowest BCUT2D eigenvalue weighted by molar-refractivity contribution is 0.412.